The first kappa shape index (κ1) is 25.6. The molecule has 2 aliphatic heterocycles. The Hall–Kier alpha value is -1.63. The van der Waals surface area contributed by atoms with E-state index in [1.807, 2.05) is 0 Å². The van der Waals surface area contributed by atoms with E-state index in [1.54, 1.807) is 0 Å². The van der Waals surface area contributed by atoms with Crippen molar-refractivity contribution in [2.75, 3.05) is 52.4 Å². The predicted molar refractivity (Wildman–Crippen MR) is 131 cm³/mol. The second-order valence-electron chi connectivity index (χ2n) is 8.16. The second-order valence-corrected chi connectivity index (χ2v) is 8.16. The molecule has 170 valence electrons. The van der Waals surface area contributed by atoms with Crippen LogP contribution in [-0.4, -0.2) is 79.0 Å². The van der Waals surface area contributed by atoms with Crippen molar-refractivity contribution in [3.05, 3.63) is 71.8 Å². The molecule has 1 N–H and O–H groups in total. The summed E-state index contributed by atoms with van der Waals surface area (Å²) in [6.45, 7) is 9.04. The van der Waals surface area contributed by atoms with Gasteiger partial charge in [-0.15, -0.1) is 24.8 Å². The average molecular weight is 465 g/mol. The summed E-state index contributed by atoms with van der Waals surface area (Å²) in [5.41, 5.74) is 2.63. The maximum atomic E-state index is 12.9. The Balaban J connectivity index is 0.00000171. The van der Waals surface area contributed by atoms with E-state index in [-0.39, 0.29) is 36.8 Å². The summed E-state index contributed by atoms with van der Waals surface area (Å²) in [6.07, 6.45) is 0. The van der Waals surface area contributed by atoms with Crippen molar-refractivity contribution in [2.24, 2.45) is 0 Å². The molecule has 0 aliphatic carbocycles. The van der Waals surface area contributed by atoms with Crippen molar-refractivity contribution in [1.82, 2.24) is 20.0 Å². The summed E-state index contributed by atoms with van der Waals surface area (Å²) in [4.78, 5) is 19.8. The summed E-state index contributed by atoms with van der Waals surface area (Å²) >= 11 is 0. The van der Waals surface area contributed by atoms with Crippen molar-refractivity contribution in [2.45, 2.75) is 19.0 Å². The molecule has 0 aromatic heterocycles. The van der Waals surface area contributed by atoms with Gasteiger partial charge in [-0.2, -0.15) is 0 Å². The second kappa shape index (κ2) is 12.4. The highest BCUT2D eigenvalue weighted by molar-refractivity contribution is 5.85. The molecule has 0 spiro atoms. The fourth-order valence-corrected chi connectivity index (χ4v) is 4.51. The average Bonchev–Trinajstić information content (AvgIpc) is 2.77. The minimum atomic E-state index is 0. The van der Waals surface area contributed by atoms with Gasteiger partial charge >= 0.3 is 0 Å². The number of piperazine rings is 2. The molecule has 1 atom stereocenters. The molecule has 0 saturated carbocycles. The quantitative estimate of drug-likeness (QED) is 0.737. The lowest BCUT2D eigenvalue weighted by atomic mass is 9.96. The number of nitrogens with zero attached hydrogens (tertiary/aromatic N) is 3. The summed E-state index contributed by atoms with van der Waals surface area (Å²) in [5, 5.41) is 3.39. The molecule has 0 bridgehead atoms. The van der Waals surface area contributed by atoms with Gasteiger partial charge in [-0.05, 0) is 18.1 Å². The topological polar surface area (TPSA) is 38.8 Å². The normalized spacial score (nSPS) is 20.1. The molecule has 2 aromatic rings. The third kappa shape index (κ3) is 6.43. The van der Waals surface area contributed by atoms with Crippen LogP contribution in [0.25, 0.3) is 0 Å². The highest BCUT2D eigenvalue weighted by atomic mass is 35.5. The van der Waals surface area contributed by atoms with Crippen LogP contribution in [0.1, 0.15) is 24.1 Å². The van der Waals surface area contributed by atoms with Crippen molar-refractivity contribution < 1.29 is 4.79 Å². The largest absolute Gasteiger partial charge is 0.339 e. The van der Waals surface area contributed by atoms with Gasteiger partial charge in [-0.1, -0.05) is 60.7 Å². The minimum Gasteiger partial charge on any atom is -0.339 e. The molecule has 7 heteroatoms. The maximum Gasteiger partial charge on any atom is 0.236 e. The number of hydrogen-bond donors (Lipinski definition) is 1. The predicted octanol–water partition coefficient (Wildman–Crippen LogP) is 3.06. The molecule has 4 rings (SSSR count). The third-order valence-corrected chi connectivity index (χ3v) is 6.24. The third-order valence-electron chi connectivity index (χ3n) is 6.24. The molecule has 2 heterocycles. The molecular weight excluding hydrogens is 431 g/mol. The highest BCUT2D eigenvalue weighted by Gasteiger charge is 2.29. The lowest BCUT2D eigenvalue weighted by Gasteiger charge is -2.41. The van der Waals surface area contributed by atoms with E-state index in [0.717, 1.165) is 45.8 Å². The van der Waals surface area contributed by atoms with Crippen LogP contribution in [0.4, 0.5) is 0 Å². The number of nitrogens with one attached hydrogen (secondary N) is 1. The Bertz CT molecular complexity index is 745. The lowest BCUT2D eigenvalue weighted by Crippen LogP contribution is -2.56. The molecule has 0 radical (unpaired) electrons. The standard InChI is InChI=1S/C24H32N4O.2ClH/c1-20-18-25-12-13-28(20)19-23(29)26-14-16-27(17-15-26)24(21-8-4-2-5-9-21)22-10-6-3-7-11-22;;/h2-11,20,24-25H,12-19H2,1H3;2*1H/t20-;;/m0../s1. The number of halogens is 2. The highest BCUT2D eigenvalue weighted by Crippen LogP contribution is 2.29. The number of carbonyl (C=O) groups is 1. The van der Waals surface area contributed by atoms with Crippen LogP contribution < -0.4 is 5.32 Å². The molecule has 2 saturated heterocycles. The minimum absolute atomic E-state index is 0. The van der Waals surface area contributed by atoms with E-state index in [2.05, 4.69) is 87.6 Å². The van der Waals surface area contributed by atoms with Gasteiger partial charge in [-0.3, -0.25) is 14.6 Å². The fraction of sp³-hybridized carbons (Fsp3) is 0.458. The Morgan fingerprint density at radius 1 is 0.903 bits per heavy atom. The molecule has 0 unspecified atom stereocenters. The number of benzene rings is 2. The molecule has 5 nitrogen and oxygen atoms in total. The molecule has 2 aliphatic rings. The van der Waals surface area contributed by atoms with Gasteiger partial charge in [0.2, 0.25) is 5.91 Å². The molecule has 2 aromatic carbocycles. The smallest absolute Gasteiger partial charge is 0.236 e. The van der Waals surface area contributed by atoms with Gasteiger partial charge < -0.3 is 10.2 Å². The van der Waals surface area contributed by atoms with Crippen LogP contribution in [0.15, 0.2) is 60.7 Å². The van der Waals surface area contributed by atoms with Crippen LogP contribution in [0.3, 0.4) is 0 Å². The Morgan fingerprint density at radius 2 is 1.45 bits per heavy atom. The fourth-order valence-electron chi connectivity index (χ4n) is 4.51. The van der Waals surface area contributed by atoms with Gasteiger partial charge in [0, 0.05) is 51.9 Å². The number of hydrogen-bond acceptors (Lipinski definition) is 4. The van der Waals surface area contributed by atoms with Gasteiger partial charge in [-0.25, -0.2) is 0 Å². The van der Waals surface area contributed by atoms with Crippen LogP contribution >= 0.6 is 24.8 Å². The van der Waals surface area contributed by atoms with E-state index in [1.165, 1.54) is 11.1 Å². The van der Waals surface area contributed by atoms with Crippen LogP contribution in [0, 0.1) is 0 Å². The molecule has 31 heavy (non-hydrogen) atoms. The summed E-state index contributed by atoms with van der Waals surface area (Å²) < 4.78 is 0. The van der Waals surface area contributed by atoms with Gasteiger partial charge in [0.05, 0.1) is 12.6 Å². The lowest BCUT2D eigenvalue weighted by molar-refractivity contribution is -0.135. The van der Waals surface area contributed by atoms with Crippen molar-refractivity contribution in [3.63, 3.8) is 0 Å². The van der Waals surface area contributed by atoms with Gasteiger partial charge in [0.1, 0.15) is 0 Å². The molecular formula is C24H34Cl2N4O. The number of carbonyl (C=O) groups excluding carboxylic acids is 1. The van der Waals surface area contributed by atoms with E-state index < -0.39 is 0 Å². The van der Waals surface area contributed by atoms with Crippen molar-refractivity contribution >= 4 is 30.7 Å². The van der Waals surface area contributed by atoms with Crippen molar-refractivity contribution in [3.8, 4) is 0 Å². The first-order valence-corrected chi connectivity index (χ1v) is 10.8. The van der Waals surface area contributed by atoms with Crippen molar-refractivity contribution in [1.29, 1.82) is 0 Å². The Labute approximate surface area is 198 Å². The van der Waals surface area contributed by atoms with Crippen LogP contribution in [0.2, 0.25) is 0 Å². The number of amides is 1. The summed E-state index contributed by atoms with van der Waals surface area (Å²) in [5.74, 6) is 0.273. The molecule has 2 fully saturated rings. The SMILES string of the molecule is C[C@H]1CNCCN1CC(=O)N1CCN(C(c2ccccc2)c2ccccc2)CC1.Cl.Cl. The summed E-state index contributed by atoms with van der Waals surface area (Å²) in [7, 11) is 0. The monoisotopic (exact) mass is 464 g/mol. The molecule has 1 amide bonds. The van der Waals surface area contributed by atoms with E-state index in [9.17, 15) is 4.79 Å². The van der Waals surface area contributed by atoms with E-state index in [0.29, 0.717) is 12.6 Å². The first-order chi connectivity index (χ1) is 14.2. The van der Waals surface area contributed by atoms with Gasteiger partial charge in [0.15, 0.2) is 0 Å². The maximum absolute atomic E-state index is 12.9. The van der Waals surface area contributed by atoms with E-state index >= 15 is 0 Å². The summed E-state index contributed by atoms with van der Waals surface area (Å²) in [6, 6.07) is 22.1. The Morgan fingerprint density at radius 3 is 1.97 bits per heavy atom. The first-order valence-electron chi connectivity index (χ1n) is 10.8. The zero-order valence-electron chi connectivity index (χ0n) is 18.2. The zero-order valence-corrected chi connectivity index (χ0v) is 19.8. The zero-order chi connectivity index (χ0) is 20.1. The van der Waals surface area contributed by atoms with E-state index in [4.69, 9.17) is 0 Å². The Kier molecular flexibility index (Phi) is 10.3. The van der Waals surface area contributed by atoms with Gasteiger partial charge in [0.25, 0.3) is 0 Å². The number of rotatable bonds is 5. The van der Waals surface area contributed by atoms with Crippen LogP contribution in [0.5, 0.6) is 0 Å². The van der Waals surface area contributed by atoms with Crippen LogP contribution in [-0.2, 0) is 4.79 Å².